The molecule has 1 aliphatic rings. The number of aromatic nitrogens is 2. The SMILES string of the molecule is CC(C)n1cc(C2CC(O)CCO2)cn1. The predicted molar refractivity (Wildman–Crippen MR) is 56.5 cm³/mol. The second-order valence-electron chi connectivity index (χ2n) is 4.39. The maximum Gasteiger partial charge on any atom is 0.0880 e. The Balaban J connectivity index is 2.08. The van der Waals surface area contributed by atoms with Crippen LogP contribution in [0.2, 0.25) is 0 Å². The van der Waals surface area contributed by atoms with Gasteiger partial charge in [-0.15, -0.1) is 0 Å². The third kappa shape index (κ3) is 2.38. The molecular weight excluding hydrogens is 192 g/mol. The summed E-state index contributed by atoms with van der Waals surface area (Å²) in [7, 11) is 0. The molecule has 15 heavy (non-hydrogen) atoms. The largest absolute Gasteiger partial charge is 0.393 e. The molecule has 0 radical (unpaired) electrons. The van der Waals surface area contributed by atoms with Gasteiger partial charge in [-0.2, -0.15) is 5.10 Å². The van der Waals surface area contributed by atoms with Crippen molar-refractivity contribution in [3.63, 3.8) is 0 Å². The molecule has 1 aromatic heterocycles. The Bertz CT molecular complexity index is 322. The highest BCUT2D eigenvalue weighted by Gasteiger charge is 2.23. The number of ether oxygens (including phenoxy) is 1. The number of aliphatic hydroxyl groups excluding tert-OH is 1. The van der Waals surface area contributed by atoms with Crippen LogP contribution in [0.25, 0.3) is 0 Å². The van der Waals surface area contributed by atoms with Gasteiger partial charge < -0.3 is 9.84 Å². The van der Waals surface area contributed by atoms with E-state index in [4.69, 9.17) is 4.74 Å². The zero-order valence-electron chi connectivity index (χ0n) is 9.26. The Morgan fingerprint density at radius 1 is 1.60 bits per heavy atom. The molecule has 0 amide bonds. The molecule has 2 unspecified atom stereocenters. The van der Waals surface area contributed by atoms with Gasteiger partial charge in [-0.3, -0.25) is 4.68 Å². The summed E-state index contributed by atoms with van der Waals surface area (Å²) in [5.41, 5.74) is 1.07. The number of aliphatic hydroxyl groups is 1. The topological polar surface area (TPSA) is 47.3 Å². The van der Waals surface area contributed by atoms with Crippen molar-refractivity contribution in [1.29, 1.82) is 0 Å². The summed E-state index contributed by atoms with van der Waals surface area (Å²) in [6, 6.07) is 0.368. The molecule has 1 fully saturated rings. The van der Waals surface area contributed by atoms with Crippen molar-refractivity contribution in [3.05, 3.63) is 18.0 Å². The van der Waals surface area contributed by atoms with Gasteiger partial charge in [0.2, 0.25) is 0 Å². The van der Waals surface area contributed by atoms with Crippen molar-refractivity contribution >= 4 is 0 Å². The average molecular weight is 210 g/mol. The number of rotatable bonds is 2. The van der Waals surface area contributed by atoms with Crippen LogP contribution in [-0.4, -0.2) is 27.6 Å². The van der Waals surface area contributed by atoms with Gasteiger partial charge in [0.25, 0.3) is 0 Å². The smallest absolute Gasteiger partial charge is 0.0880 e. The fourth-order valence-electron chi connectivity index (χ4n) is 1.81. The summed E-state index contributed by atoms with van der Waals surface area (Å²) < 4.78 is 7.53. The van der Waals surface area contributed by atoms with E-state index in [9.17, 15) is 5.11 Å². The fraction of sp³-hybridized carbons (Fsp3) is 0.727. The van der Waals surface area contributed by atoms with E-state index >= 15 is 0 Å². The van der Waals surface area contributed by atoms with E-state index in [0.29, 0.717) is 19.1 Å². The summed E-state index contributed by atoms with van der Waals surface area (Å²) in [6.07, 6.45) is 5.06. The number of hydrogen-bond donors (Lipinski definition) is 1. The highest BCUT2D eigenvalue weighted by molar-refractivity contribution is 5.09. The maximum absolute atomic E-state index is 9.55. The molecule has 2 heterocycles. The van der Waals surface area contributed by atoms with Crippen LogP contribution >= 0.6 is 0 Å². The summed E-state index contributed by atoms with van der Waals surface area (Å²) in [5, 5.41) is 13.8. The zero-order chi connectivity index (χ0) is 10.8. The van der Waals surface area contributed by atoms with Gasteiger partial charge in [-0.05, 0) is 20.3 Å². The molecule has 0 aliphatic carbocycles. The van der Waals surface area contributed by atoms with Crippen molar-refractivity contribution in [1.82, 2.24) is 9.78 Å². The standard InChI is InChI=1S/C11H18N2O2/c1-8(2)13-7-9(6-12-13)11-5-10(14)3-4-15-11/h6-8,10-11,14H,3-5H2,1-2H3. The van der Waals surface area contributed by atoms with E-state index in [2.05, 4.69) is 18.9 Å². The fourth-order valence-corrected chi connectivity index (χ4v) is 1.81. The number of hydrogen-bond acceptors (Lipinski definition) is 3. The third-order valence-electron chi connectivity index (χ3n) is 2.78. The average Bonchev–Trinajstić information content (AvgIpc) is 2.66. The quantitative estimate of drug-likeness (QED) is 0.807. The van der Waals surface area contributed by atoms with E-state index < -0.39 is 0 Å². The third-order valence-corrected chi connectivity index (χ3v) is 2.78. The first-order valence-corrected chi connectivity index (χ1v) is 5.50. The van der Waals surface area contributed by atoms with Crippen LogP contribution in [0.15, 0.2) is 12.4 Å². The van der Waals surface area contributed by atoms with Gasteiger partial charge in [-0.25, -0.2) is 0 Å². The van der Waals surface area contributed by atoms with Crippen LogP contribution in [0.1, 0.15) is 44.4 Å². The minimum atomic E-state index is -0.230. The van der Waals surface area contributed by atoms with Crippen LogP contribution in [0, 0.1) is 0 Å². The highest BCUT2D eigenvalue weighted by atomic mass is 16.5. The Kier molecular flexibility index (Phi) is 3.07. The highest BCUT2D eigenvalue weighted by Crippen LogP contribution is 2.28. The first-order chi connectivity index (χ1) is 7.16. The molecule has 4 heteroatoms. The van der Waals surface area contributed by atoms with Crippen molar-refractivity contribution < 1.29 is 9.84 Å². The van der Waals surface area contributed by atoms with E-state index in [1.807, 2.05) is 17.1 Å². The van der Waals surface area contributed by atoms with E-state index in [1.165, 1.54) is 0 Å². The van der Waals surface area contributed by atoms with Crippen molar-refractivity contribution in [3.8, 4) is 0 Å². The molecule has 0 saturated carbocycles. The second-order valence-corrected chi connectivity index (χ2v) is 4.39. The molecule has 84 valence electrons. The van der Waals surface area contributed by atoms with Gasteiger partial charge >= 0.3 is 0 Å². The second kappa shape index (κ2) is 4.33. The van der Waals surface area contributed by atoms with Gasteiger partial charge in [0.15, 0.2) is 0 Å². The first-order valence-electron chi connectivity index (χ1n) is 5.50. The minimum absolute atomic E-state index is 0.0150. The van der Waals surface area contributed by atoms with E-state index in [1.54, 1.807) is 0 Å². The molecular formula is C11H18N2O2. The van der Waals surface area contributed by atoms with Crippen LogP contribution in [-0.2, 0) is 4.74 Å². The molecule has 0 aromatic carbocycles. The Morgan fingerprint density at radius 2 is 2.40 bits per heavy atom. The molecule has 1 saturated heterocycles. The maximum atomic E-state index is 9.55. The van der Waals surface area contributed by atoms with Crippen LogP contribution in [0.3, 0.4) is 0 Å². The molecule has 4 nitrogen and oxygen atoms in total. The van der Waals surface area contributed by atoms with Gasteiger partial charge in [0, 0.05) is 30.8 Å². The lowest BCUT2D eigenvalue weighted by atomic mass is 10.0. The molecule has 1 aromatic rings. The lowest BCUT2D eigenvalue weighted by Crippen LogP contribution is -2.23. The van der Waals surface area contributed by atoms with Gasteiger partial charge in [-0.1, -0.05) is 0 Å². The van der Waals surface area contributed by atoms with Crippen LogP contribution in [0.5, 0.6) is 0 Å². The summed E-state index contributed by atoms with van der Waals surface area (Å²) in [4.78, 5) is 0. The Labute approximate surface area is 89.9 Å². The van der Waals surface area contributed by atoms with E-state index in [0.717, 1.165) is 12.0 Å². The Hall–Kier alpha value is -0.870. The summed E-state index contributed by atoms with van der Waals surface area (Å²) >= 11 is 0. The molecule has 1 N–H and O–H groups in total. The molecule has 0 spiro atoms. The Morgan fingerprint density at radius 3 is 3.00 bits per heavy atom. The molecule has 2 rings (SSSR count). The van der Waals surface area contributed by atoms with Crippen molar-refractivity contribution in [2.75, 3.05) is 6.61 Å². The normalized spacial score (nSPS) is 27.2. The zero-order valence-corrected chi connectivity index (χ0v) is 9.26. The van der Waals surface area contributed by atoms with Crippen molar-refractivity contribution in [2.24, 2.45) is 0 Å². The lowest BCUT2D eigenvalue weighted by molar-refractivity contribution is -0.0448. The van der Waals surface area contributed by atoms with Gasteiger partial charge in [0.05, 0.1) is 18.4 Å². The predicted octanol–water partition coefficient (Wildman–Crippen LogP) is 1.68. The molecule has 1 aliphatic heterocycles. The monoisotopic (exact) mass is 210 g/mol. The lowest BCUT2D eigenvalue weighted by Gasteiger charge is -2.25. The summed E-state index contributed by atoms with van der Waals surface area (Å²) in [6.45, 7) is 4.82. The minimum Gasteiger partial charge on any atom is -0.393 e. The molecule has 2 atom stereocenters. The van der Waals surface area contributed by atoms with E-state index in [-0.39, 0.29) is 12.2 Å². The van der Waals surface area contributed by atoms with Crippen LogP contribution < -0.4 is 0 Å². The first kappa shape index (κ1) is 10.6. The van der Waals surface area contributed by atoms with Crippen molar-refractivity contribution in [2.45, 2.75) is 44.9 Å². The summed E-state index contributed by atoms with van der Waals surface area (Å²) in [5.74, 6) is 0. The van der Waals surface area contributed by atoms with Crippen LogP contribution in [0.4, 0.5) is 0 Å². The molecule has 0 bridgehead atoms. The van der Waals surface area contributed by atoms with Gasteiger partial charge in [0.1, 0.15) is 0 Å². The number of nitrogens with zero attached hydrogens (tertiary/aromatic N) is 2.